The summed E-state index contributed by atoms with van der Waals surface area (Å²) in [6.45, 7) is 0. The van der Waals surface area contributed by atoms with Crippen LogP contribution in [0.5, 0.6) is 0 Å². The van der Waals surface area contributed by atoms with Crippen LogP contribution >= 0.6 is 11.8 Å². The SMILES string of the molecule is O=C(O)C=CCSc1n[nH]c(=O)n1C1CC1. The van der Waals surface area contributed by atoms with Gasteiger partial charge in [0.25, 0.3) is 0 Å². The zero-order valence-corrected chi connectivity index (χ0v) is 9.24. The van der Waals surface area contributed by atoms with Crippen molar-refractivity contribution < 1.29 is 9.90 Å². The van der Waals surface area contributed by atoms with Crippen molar-refractivity contribution in [3.63, 3.8) is 0 Å². The molecule has 16 heavy (non-hydrogen) atoms. The van der Waals surface area contributed by atoms with Gasteiger partial charge in [0.1, 0.15) is 0 Å². The Labute approximate surface area is 95.4 Å². The number of hydrogen-bond acceptors (Lipinski definition) is 4. The predicted molar refractivity (Wildman–Crippen MR) is 58.6 cm³/mol. The van der Waals surface area contributed by atoms with Gasteiger partial charge in [-0.3, -0.25) is 4.57 Å². The zero-order chi connectivity index (χ0) is 11.5. The summed E-state index contributed by atoms with van der Waals surface area (Å²) in [7, 11) is 0. The van der Waals surface area contributed by atoms with E-state index in [4.69, 9.17) is 5.11 Å². The van der Waals surface area contributed by atoms with E-state index in [-0.39, 0.29) is 11.7 Å². The molecule has 6 nitrogen and oxygen atoms in total. The van der Waals surface area contributed by atoms with Crippen LogP contribution < -0.4 is 5.69 Å². The van der Waals surface area contributed by atoms with E-state index in [2.05, 4.69) is 10.2 Å². The monoisotopic (exact) mass is 241 g/mol. The van der Waals surface area contributed by atoms with Gasteiger partial charge >= 0.3 is 11.7 Å². The highest BCUT2D eigenvalue weighted by Crippen LogP contribution is 2.35. The number of thioether (sulfide) groups is 1. The number of carbonyl (C=O) groups is 1. The average molecular weight is 241 g/mol. The van der Waals surface area contributed by atoms with Gasteiger partial charge < -0.3 is 5.11 Å². The van der Waals surface area contributed by atoms with Gasteiger partial charge in [0.2, 0.25) is 0 Å². The molecule has 0 aliphatic heterocycles. The summed E-state index contributed by atoms with van der Waals surface area (Å²) in [5.41, 5.74) is -0.188. The summed E-state index contributed by atoms with van der Waals surface area (Å²) in [5, 5.41) is 15.3. The Balaban J connectivity index is 1.99. The number of nitrogens with zero attached hydrogens (tertiary/aromatic N) is 2. The van der Waals surface area contributed by atoms with E-state index in [1.807, 2.05) is 0 Å². The number of rotatable bonds is 5. The average Bonchev–Trinajstić information content (AvgIpc) is 2.99. The molecule has 0 unspecified atom stereocenters. The topological polar surface area (TPSA) is 88.0 Å². The lowest BCUT2D eigenvalue weighted by Crippen LogP contribution is -2.16. The van der Waals surface area contributed by atoms with Crippen LogP contribution in [0.1, 0.15) is 18.9 Å². The molecule has 1 aromatic rings. The van der Waals surface area contributed by atoms with Crippen molar-refractivity contribution in [3.8, 4) is 0 Å². The summed E-state index contributed by atoms with van der Waals surface area (Å²) >= 11 is 1.35. The molecule has 0 amide bonds. The van der Waals surface area contributed by atoms with E-state index in [0.717, 1.165) is 18.9 Å². The van der Waals surface area contributed by atoms with Gasteiger partial charge in [-0.15, -0.1) is 5.10 Å². The molecule has 1 aliphatic carbocycles. The number of hydrogen-bond donors (Lipinski definition) is 2. The van der Waals surface area contributed by atoms with Crippen LogP contribution in [0.4, 0.5) is 0 Å². The third-order valence-electron chi connectivity index (χ3n) is 2.15. The minimum Gasteiger partial charge on any atom is -0.478 e. The third-order valence-corrected chi connectivity index (χ3v) is 3.06. The van der Waals surface area contributed by atoms with Crippen molar-refractivity contribution in [2.75, 3.05) is 5.75 Å². The molecule has 0 aromatic carbocycles. The van der Waals surface area contributed by atoms with Crippen LogP contribution in [0.2, 0.25) is 0 Å². The van der Waals surface area contributed by atoms with Gasteiger partial charge in [0.15, 0.2) is 5.16 Å². The standard InChI is InChI=1S/C9H11N3O3S/c13-7(14)2-1-5-16-9-11-10-8(15)12(9)6-3-4-6/h1-2,6H,3-5H2,(H,10,15)(H,13,14). The minimum atomic E-state index is -0.970. The maximum Gasteiger partial charge on any atom is 0.344 e. The van der Waals surface area contributed by atoms with Crippen LogP contribution in [0.25, 0.3) is 0 Å². The van der Waals surface area contributed by atoms with Crippen molar-refractivity contribution in [3.05, 3.63) is 22.6 Å². The molecule has 86 valence electrons. The van der Waals surface area contributed by atoms with Crippen molar-refractivity contribution in [2.24, 2.45) is 0 Å². The van der Waals surface area contributed by atoms with E-state index in [9.17, 15) is 9.59 Å². The van der Waals surface area contributed by atoms with E-state index in [1.54, 1.807) is 4.57 Å². The maximum absolute atomic E-state index is 11.4. The normalized spacial score (nSPS) is 15.8. The molecule has 0 radical (unpaired) electrons. The Morgan fingerprint density at radius 2 is 2.44 bits per heavy atom. The predicted octanol–water partition coefficient (Wildman–Crippen LogP) is 0.639. The summed E-state index contributed by atoms with van der Waals surface area (Å²) in [6.07, 6.45) is 4.64. The Morgan fingerprint density at radius 3 is 3.06 bits per heavy atom. The fourth-order valence-electron chi connectivity index (χ4n) is 1.32. The largest absolute Gasteiger partial charge is 0.478 e. The number of H-pyrrole nitrogens is 1. The van der Waals surface area contributed by atoms with Crippen LogP contribution in [0.3, 0.4) is 0 Å². The van der Waals surface area contributed by atoms with Gasteiger partial charge in [0.05, 0.1) is 0 Å². The highest BCUT2D eigenvalue weighted by Gasteiger charge is 2.28. The van der Waals surface area contributed by atoms with Crippen LogP contribution in [0, 0.1) is 0 Å². The van der Waals surface area contributed by atoms with Gasteiger partial charge in [0, 0.05) is 17.9 Å². The summed E-state index contributed by atoms with van der Waals surface area (Å²) < 4.78 is 1.64. The lowest BCUT2D eigenvalue weighted by atomic mass is 10.5. The van der Waals surface area contributed by atoms with Crippen molar-refractivity contribution in [1.29, 1.82) is 0 Å². The third kappa shape index (κ3) is 2.54. The molecule has 0 bridgehead atoms. The van der Waals surface area contributed by atoms with Gasteiger partial charge in [-0.1, -0.05) is 17.8 Å². The van der Waals surface area contributed by atoms with Crippen molar-refractivity contribution in [1.82, 2.24) is 14.8 Å². The molecule has 0 spiro atoms. The number of nitrogens with one attached hydrogen (secondary N) is 1. The van der Waals surface area contributed by atoms with Gasteiger partial charge in [-0.05, 0) is 12.8 Å². The number of carboxylic acids is 1. The van der Waals surface area contributed by atoms with Crippen LogP contribution in [-0.4, -0.2) is 31.6 Å². The Kier molecular flexibility index (Phi) is 3.14. The smallest absolute Gasteiger partial charge is 0.344 e. The Morgan fingerprint density at radius 1 is 1.69 bits per heavy atom. The van der Waals surface area contributed by atoms with E-state index >= 15 is 0 Å². The fraction of sp³-hybridized carbons (Fsp3) is 0.444. The van der Waals surface area contributed by atoms with E-state index < -0.39 is 5.97 Å². The molecule has 1 heterocycles. The molecule has 0 atom stereocenters. The highest BCUT2D eigenvalue weighted by molar-refractivity contribution is 7.99. The summed E-state index contributed by atoms with van der Waals surface area (Å²) in [5.74, 6) is -0.481. The number of aromatic amines is 1. The summed E-state index contributed by atoms with van der Waals surface area (Å²) in [4.78, 5) is 21.6. The van der Waals surface area contributed by atoms with Crippen molar-refractivity contribution >= 4 is 17.7 Å². The van der Waals surface area contributed by atoms with Gasteiger partial charge in [-0.25, -0.2) is 14.7 Å². The molecule has 1 aromatic heterocycles. The first-order valence-electron chi connectivity index (χ1n) is 4.87. The van der Waals surface area contributed by atoms with E-state index in [0.29, 0.717) is 10.9 Å². The molecule has 1 fully saturated rings. The fourth-order valence-corrected chi connectivity index (χ4v) is 2.14. The van der Waals surface area contributed by atoms with Crippen LogP contribution in [-0.2, 0) is 4.79 Å². The second-order valence-electron chi connectivity index (χ2n) is 3.46. The van der Waals surface area contributed by atoms with Crippen molar-refractivity contribution in [2.45, 2.75) is 24.0 Å². The second kappa shape index (κ2) is 4.56. The zero-order valence-electron chi connectivity index (χ0n) is 8.42. The first-order chi connectivity index (χ1) is 7.68. The minimum absolute atomic E-state index is 0.188. The number of aromatic nitrogens is 3. The molecular weight excluding hydrogens is 230 g/mol. The molecule has 7 heteroatoms. The lowest BCUT2D eigenvalue weighted by molar-refractivity contribution is -0.131. The first kappa shape index (κ1) is 11.0. The quantitative estimate of drug-likeness (QED) is 0.583. The molecule has 1 saturated carbocycles. The lowest BCUT2D eigenvalue weighted by Gasteiger charge is -2.00. The summed E-state index contributed by atoms with van der Waals surface area (Å²) in [6, 6.07) is 0.275. The van der Waals surface area contributed by atoms with Gasteiger partial charge in [-0.2, -0.15) is 0 Å². The Bertz CT molecular complexity index is 473. The highest BCUT2D eigenvalue weighted by atomic mass is 32.2. The molecule has 2 rings (SSSR count). The molecule has 0 saturated heterocycles. The van der Waals surface area contributed by atoms with E-state index in [1.165, 1.54) is 17.8 Å². The number of aliphatic carboxylic acids is 1. The maximum atomic E-state index is 11.4. The molecule has 1 aliphatic rings. The van der Waals surface area contributed by atoms with Crippen LogP contribution in [0.15, 0.2) is 22.1 Å². The molecular formula is C9H11N3O3S. The number of carboxylic acid groups (broad SMARTS) is 1. The second-order valence-corrected chi connectivity index (χ2v) is 4.45. The first-order valence-corrected chi connectivity index (χ1v) is 5.86. The molecule has 2 N–H and O–H groups in total. The Hall–Kier alpha value is -1.50.